The zero-order valence-electron chi connectivity index (χ0n) is 10.2. The van der Waals surface area contributed by atoms with Crippen molar-refractivity contribution in [3.05, 3.63) is 42.1 Å². The molecule has 0 saturated heterocycles. The molecule has 4 heteroatoms. The van der Waals surface area contributed by atoms with Gasteiger partial charge < -0.3 is 11.1 Å². The summed E-state index contributed by atoms with van der Waals surface area (Å²) in [6, 6.07) is 9.44. The molecule has 2 rings (SSSR count). The van der Waals surface area contributed by atoms with Crippen LogP contribution in [0.3, 0.4) is 0 Å². The summed E-state index contributed by atoms with van der Waals surface area (Å²) in [6.45, 7) is 1.31. The molecule has 4 nitrogen and oxygen atoms in total. The summed E-state index contributed by atoms with van der Waals surface area (Å²) < 4.78 is 0. The molecule has 0 saturated carbocycles. The minimum absolute atomic E-state index is 0.0729. The Balaban J connectivity index is 2.13. The molecule has 0 radical (unpaired) electrons. The Morgan fingerprint density at radius 1 is 1.22 bits per heavy atom. The lowest BCUT2D eigenvalue weighted by Crippen LogP contribution is -2.25. The standard InChI is InChI=1S/C14H17N3O/c15-8-1-2-9-17-14(18)12-7-3-5-11-6-4-10-16-13(11)12/h3-7,10H,1-2,8-9,15H2,(H,17,18). The number of amides is 1. The van der Waals surface area contributed by atoms with Gasteiger partial charge in [-0.05, 0) is 31.5 Å². The van der Waals surface area contributed by atoms with Gasteiger partial charge in [0.25, 0.3) is 5.91 Å². The topological polar surface area (TPSA) is 68.0 Å². The molecule has 3 N–H and O–H groups in total. The first kappa shape index (κ1) is 12.5. The largest absolute Gasteiger partial charge is 0.352 e. The fraction of sp³-hybridized carbons (Fsp3) is 0.286. The van der Waals surface area contributed by atoms with Gasteiger partial charge in [-0.2, -0.15) is 0 Å². The molecule has 0 spiro atoms. The summed E-state index contributed by atoms with van der Waals surface area (Å²) in [5.74, 6) is -0.0729. The van der Waals surface area contributed by atoms with Crippen molar-refractivity contribution in [2.24, 2.45) is 5.73 Å². The Kier molecular flexibility index (Phi) is 4.25. The van der Waals surface area contributed by atoms with Gasteiger partial charge in [0.15, 0.2) is 0 Å². The Hall–Kier alpha value is -1.94. The SMILES string of the molecule is NCCCCNC(=O)c1cccc2cccnc12. The molecule has 0 atom stereocenters. The molecule has 1 amide bonds. The van der Waals surface area contributed by atoms with Gasteiger partial charge >= 0.3 is 0 Å². The maximum atomic E-state index is 12.0. The van der Waals surface area contributed by atoms with Crippen molar-refractivity contribution < 1.29 is 4.79 Å². The smallest absolute Gasteiger partial charge is 0.253 e. The molecule has 2 aromatic rings. The van der Waals surface area contributed by atoms with Gasteiger partial charge in [0, 0.05) is 18.1 Å². The second-order valence-corrected chi connectivity index (χ2v) is 4.13. The van der Waals surface area contributed by atoms with Gasteiger partial charge in [-0.1, -0.05) is 18.2 Å². The van der Waals surface area contributed by atoms with Crippen LogP contribution in [0.25, 0.3) is 10.9 Å². The number of para-hydroxylation sites is 1. The van der Waals surface area contributed by atoms with Crippen LogP contribution in [0.2, 0.25) is 0 Å². The normalized spacial score (nSPS) is 10.5. The number of aromatic nitrogens is 1. The van der Waals surface area contributed by atoms with Crippen LogP contribution in [0, 0.1) is 0 Å². The Morgan fingerprint density at radius 2 is 2.06 bits per heavy atom. The van der Waals surface area contributed by atoms with Crippen LogP contribution in [0.15, 0.2) is 36.5 Å². The molecular weight excluding hydrogens is 226 g/mol. The number of fused-ring (bicyclic) bond motifs is 1. The highest BCUT2D eigenvalue weighted by Crippen LogP contribution is 2.15. The number of benzene rings is 1. The summed E-state index contributed by atoms with van der Waals surface area (Å²) >= 11 is 0. The average Bonchev–Trinajstić information content (AvgIpc) is 2.43. The van der Waals surface area contributed by atoms with E-state index >= 15 is 0 Å². The van der Waals surface area contributed by atoms with Crippen LogP contribution < -0.4 is 11.1 Å². The molecule has 0 aliphatic heterocycles. The molecule has 1 aromatic heterocycles. The fourth-order valence-electron chi connectivity index (χ4n) is 1.85. The number of hydrogen-bond acceptors (Lipinski definition) is 3. The van der Waals surface area contributed by atoms with Gasteiger partial charge in [0.1, 0.15) is 0 Å². The van der Waals surface area contributed by atoms with Gasteiger partial charge in [-0.25, -0.2) is 0 Å². The zero-order valence-corrected chi connectivity index (χ0v) is 10.2. The molecular formula is C14H17N3O. The van der Waals surface area contributed by atoms with E-state index in [1.165, 1.54) is 0 Å². The van der Waals surface area contributed by atoms with Crippen molar-refractivity contribution in [3.63, 3.8) is 0 Å². The third-order valence-electron chi connectivity index (χ3n) is 2.79. The first-order valence-corrected chi connectivity index (χ1v) is 6.15. The number of carbonyl (C=O) groups excluding carboxylic acids is 1. The first-order valence-electron chi connectivity index (χ1n) is 6.15. The van der Waals surface area contributed by atoms with Gasteiger partial charge in [0.2, 0.25) is 0 Å². The second-order valence-electron chi connectivity index (χ2n) is 4.13. The number of unbranched alkanes of at least 4 members (excludes halogenated alkanes) is 1. The van der Waals surface area contributed by atoms with Gasteiger partial charge in [-0.3, -0.25) is 9.78 Å². The van der Waals surface area contributed by atoms with Gasteiger partial charge in [-0.15, -0.1) is 0 Å². The maximum Gasteiger partial charge on any atom is 0.253 e. The summed E-state index contributed by atoms with van der Waals surface area (Å²) in [4.78, 5) is 16.3. The van der Waals surface area contributed by atoms with E-state index in [1.54, 1.807) is 12.3 Å². The van der Waals surface area contributed by atoms with E-state index in [1.807, 2.05) is 24.3 Å². The van der Waals surface area contributed by atoms with Crippen LogP contribution in [0.4, 0.5) is 0 Å². The quantitative estimate of drug-likeness (QED) is 0.785. The van der Waals surface area contributed by atoms with Crippen molar-refractivity contribution in [2.45, 2.75) is 12.8 Å². The molecule has 0 aliphatic rings. The van der Waals surface area contributed by atoms with Crippen molar-refractivity contribution in [1.29, 1.82) is 0 Å². The predicted molar refractivity (Wildman–Crippen MR) is 72.4 cm³/mol. The van der Waals surface area contributed by atoms with Crippen molar-refractivity contribution >= 4 is 16.8 Å². The Labute approximate surface area is 106 Å². The van der Waals surface area contributed by atoms with Crippen LogP contribution in [-0.2, 0) is 0 Å². The van der Waals surface area contributed by atoms with Crippen LogP contribution in [0.1, 0.15) is 23.2 Å². The number of nitrogens with zero attached hydrogens (tertiary/aromatic N) is 1. The molecule has 18 heavy (non-hydrogen) atoms. The predicted octanol–water partition coefficient (Wildman–Crippen LogP) is 1.70. The first-order chi connectivity index (χ1) is 8.83. The van der Waals surface area contributed by atoms with Crippen LogP contribution in [0.5, 0.6) is 0 Å². The number of carbonyl (C=O) groups is 1. The molecule has 0 fully saturated rings. The number of rotatable bonds is 5. The highest BCUT2D eigenvalue weighted by molar-refractivity contribution is 6.05. The highest BCUT2D eigenvalue weighted by atomic mass is 16.1. The molecule has 1 aromatic carbocycles. The minimum Gasteiger partial charge on any atom is -0.352 e. The lowest BCUT2D eigenvalue weighted by atomic mass is 10.1. The van der Waals surface area contributed by atoms with Crippen molar-refractivity contribution in [3.8, 4) is 0 Å². The summed E-state index contributed by atoms with van der Waals surface area (Å²) in [5.41, 5.74) is 6.78. The lowest BCUT2D eigenvalue weighted by Gasteiger charge is -2.06. The number of nitrogens with two attached hydrogens (primary N) is 1. The Morgan fingerprint density at radius 3 is 2.89 bits per heavy atom. The third kappa shape index (κ3) is 2.84. The minimum atomic E-state index is -0.0729. The summed E-state index contributed by atoms with van der Waals surface area (Å²) in [6.07, 6.45) is 3.53. The average molecular weight is 243 g/mol. The van der Waals surface area contributed by atoms with Crippen molar-refractivity contribution in [1.82, 2.24) is 10.3 Å². The fourth-order valence-corrected chi connectivity index (χ4v) is 1.85. The van der Waals surface area contributed by atoms with E-state index in [-0.39, 0.29) is 5.91 Å². The molecule has 0 unspecified atom stereocenters. The van der Waals surface area contributed by atoms with E-state index in [9.17, 15) is 4.79 Å². The summed E-state index contributed by atoms with van der Waals surface area (Å²) in [5, 5.41) is 3.87. The molecule has 94 valence electrons. The van der Waals surface area contributed by atoms with E-state index in [2.05, 4.69) is 10.3 Å². The third-order valence-corrected chi connectivity index (χ3v) is 2.79. The monoisotopic (exact) mass is 243 g/mol. The lowest BCUT2D eigenvalue weighted by molar-refractivity contribution is 0.0954. The van der Waals surface area contributed by atoms with E-state index in [0.717, 1.165) is 23.7 Å². The van der Waals surface area contributed by atoms with E-state index in [4.69, 9.17) is 5.73 Å². The van der Waals surface area contributed by atoms with Crippen LogP contribution in [-0.4, -0.2) is 24.0 Å². The summed E-state index contributed by atoms with van der Waals surface area (Å²) in [7, 11) is 0. The second kappa shape index (κ2) is 6.12. The highest BCUT2D eigenvalue weighted by Gasteiger charge is 2.09. The maximum absolute atomic E-state index is 12.0. The molecule has 0 aliphatic carbocycles. The van der Waals surface area contributed by atoms with Crippen LogP contribution >= 0.6 is 0 Å². The number of nitrogens with one attached hydrogen (secondary N) is 1. The number of hydrogen-bond donors (Lipinski definition) is 2. The number of pyridine rings is 1. The van der Waals surface area contributed by atoms with E-state index < -0.39 is 0 Å². The molecule has 1 heterocycles. The molecule has 0 bridgehead atoms. The Bertz CT molecular complexity index is 534. The van der Waals surface area contributed by atoms with Gasteiger partial charge in [0.05, 0.1) is 11.1 Å². The van der Waals surface area contributed by atoms with E-state index in [0.29, 0.717) is 18.7 Å². The zero-order chi connectivity index (χ0) is 12.8. The van der Waals surface area contributed by atoms with Crippen molar-refractivity contribution in [2.75, 3.05) is 13.1 Å².